The van der Waals surface area contributed by atoms with Crippen LogP contribution in [0.25, 0.3) is 0 Å². The Morgan fingerprint density at radius 3 is 2.65 bits per heavy atom. The van der Waals surface area contributed by atoms with Crippen molar-refractivity contribution < 1.29 is 19.5 Å². The molecule has 2 fully saturated rings. The lowest BCUT2D eigenvalue weighted by molar-refractivity contribution is -0.144. The molecular formula is C12H20N4O4. The fourth-order valence-corrected chi connectivity index (χ4v) is 2.58. The van der Waals surface area contributed by atoms with Crippen LogP contribution in [0.5, 0.6) is 0 Å². The number of carboxylic acids is 1. The van der Waals surface area contributed by atoms with E-state index in [2.05, 4.69) is 5.32 Å². The average molecular weight is 284 g/mol. The molecule has 2 heterocycles. The summed E-state index contributed by atoms with van der Waals surface area (Å²) >= 11 is 0. The summed E-state index contributed by atoms with van der Waals surface area (Å²) in [4.78, 5) is 39.8. The molecule has 0 spiro atoms. The van der Waals surface area contributed by atoms with Crippen molar-refractivity contribution in [3.63, 3.8) is 0 Å². The molecule has 2 aliphatic heterocycles. The van der Waals surface area contributed by atoms with Gasteiger partial charge in [-0.25, -0.2) is 9.59 Å². The van der Waals surface area contributed by atoms with Gasteiger partial charge in [0.25, 0.3) is 0 Å². The quantitative estimate of drug-likeness (QED) is 0.652. The molecule has 0 aliphatic carbocycles. The number of nitrogens with one attached hydrogen (secondary N) is 1. The SMILES string of the molecule is CN(C)C1CCN(C(=O)N2CC(=O)NCC2C(=O)O)C1. The fraction of sp³-hybridized carbons (Fsp3) is 0.750. The van der Waals surface area contributed by atoms with Gasteiger partial charge < -0.3 is 20.2 Å². The van der Waals surface area contributed by atoms with Crippen molar-refractivity contribution in [2.45, 2.75) is 18.5 Å². The minimum Gasteiger partial charge on any atom is -0.480 e. The van der Waals surface area contributed by atoms with Gasteiger partial charge in [-0.05, 0) is 20.5 Å². The van der Waals surface area contributed by atoms with Crippen LogP contribution in [0.2, 0.25) is 0 Å². The van der Waals surface area contributed by atoms with Crippen molar-refractivity contribution in [2.24, 2.45) is 0 Å². The van der Waals surface area contributed by atoms with E-state index in [0.717, 1.165) is 11.3 Å². The third kappa shape index (κ3) is 2.84. The normalized spacial score (nSPS) is 26.9. The van der Waals surface area contributed by atoms with Crippen molar-refractivity contribution in [2.75, 3.05) is 40.3 Å². The molecule has 0 aromatic heterocycles. The third-order valence-corrected chi connectivity index (χ3v) is 3.88. The molecule has 2 saturated heterocycles. The second-order valence-electron chi connectivity index (χ2n) is 5.42. The Morgan fingerprint density at radius 1 is 1.40 bits per heavy atom. The lowest BCUT2D eigenvalue weighted by Gasteiger charge is -2.35. The number of carbonyl (C=O) groups excluding carboxylic acids is 2. The van der Waals surface area contributed by atoms with Gasteiger partial charge in [-0.2, -0.15) is 0 Å². The number of carboxylic acid groups (broad SMARTS) is 1. The van der Waals surface area contributed by atoms with Gasteiger partial charge in [0.1, 0.15) is 12.6 Å². The Kier molecular flexibility index (Phi) is 4.12. The second kappa shape index (κ2) is 5.66. The Morgan fingerprint density at radius 2 is 2.10 bits per heavy atom. The molecule has 112 valence electrons. The molecular weight excluding hydrogens is 264 g/mol. The number of rotatable bonds is 2. The summed E-state index contributed by atoms with van der Waals surface area (Å²) in [5.74, 6) is -1.42. The van der Waals surface area contributed by atoms with Gasteiger partial charge in [-0.1, -0.05) is 0 Å². The molecule has 2 rings (SSSR count). The van der Waals surface area contributed by atoms with Gasteiger partial charge >= 0.3 is 12.0 Å². The van der Waals surface area contributed by atoms with Crippen molar-refractivity contribution in [1.82, 2.24) is 20.0 Å². The molecule has 0 aromatic carbocycles. The molecule has 2 unspecified atom stereocenters. The maximum Gasteiger partial charge on any atom is 0.328 e. The number of hydrogen-bond donors (Lipinski definition) is 2. The van der Waals surface area contributed by atoms with E-state index in [-0.39, 0.29) is 31.1 Å². The van der Waals surface area contributed by atoms with Crippen LogP contribution < -0.4 is 5.32 Å². The van der Waals surface area contributed by atoms with E-state index in [0.29, 0.717) is 13.1 Å². The van der Waals surface area contributed by atoms with Gasteiger partial charge in [-0.15, -0.1) is 0 Å². The molecule has 2 N–H and O–H groups in total. The van der Waals surface area contributed by atoms with Gasteiger partial charge in [0.2, 0.25) is 5.91 Å². The van der Waals surface area contributed by atoms with E-state index < -0.39 is 12.0 Å². The van der Waals surface area contributed by atoms with E-state index in [9.17, 15) is 14.4 Å². The van der Waals surface area contributed by atoms with E-state index in [1.807, 2.05) is 19.0 Å². The average Bonchev–Trinajstić information content (AvgIpc) is 2.87. The summed E-state index contributed by atoms with van der Waals surface area (Å²) in [5.41, 5.74) is 0. The van der Waals surface area contributed by atoms with E-state index in [4.69, 9.17) is 5.11 Å². The van der Waals surface area contributed by atoms with E-state index in [1.54, 1.807) is 4.90 Å². The molecule has 0 bridgehead atoms. The van der Waals surface area contributed by atoms with Crippen LogP contribution in [0.3, 0.4) is 0 Å². The first-order chi connectivity index (χ1) is 9.40. The van der Waals surface area contributed by atoms with Gasteiger partial charge in [0.05, 0.1) is 0 Å². The number of piperazine rings is 1. The number of likely N-dealkylation sites (N-methyl/N-ethyl adjacent to an activating group) is 1. The highest BCUT2D eigenvalue weighted by Gasteiger charge is 2.39. The molecule has 0 radical (unpaired) electrons. The predicted octanol–water partition coefficient (Wildman–Crippen LogP) is -1.37. The molecule has 2 aliphatic rings. The van der Waals surface area contributed by atoms with E-state index >= 15 is 0 Å². The highest BCUT2D eigenvalue weighted by Crippen LogP contribution is 2.17. The summed E-state index contributed by atoms with van der Waals surface area (Å²) in [7, 11) is 3.90. The summed E-state index contributed by atoms with van der Waals surface area (Å²) in [6.45, 7) is 0.923. The van der Waals surface area contributed by atoms with Gasteiger partial charge in [0.15, 0.2) is 0 Å². The smallest absolute Gasteiger partial charge is 0.328 e. The number of hydrogen-bond acceptors (Lipinski definition) is 4. The zero-order valence-electron chi connectivity index (χ0n) is 11.7. The highest BCUT2D eigenvalue weighted by atomic mass is 16.4. The number of nitrogens with zero attached hydrogens (tertiary/aromatic N) is 3. The number of aliphatic carboxylic acids is 1. The molecule has 20 heavy (non-hydrogen) atoms. The zero-order valence-corrected chi connectivity index (χ0v) is 11.7. The number of carbonyl (C=O) groups is 3. The van der Waals surface area contributed by atoms with Crippen LogP contribution in [0.1, 0.15) is 6.42 Å². The Labute approximate surface area is 117 Å². The minimum absolute atomic E-state index is 0.0368. The maximum absolute atomic E-state index is 12.4. The highest BCUT2D eigenvalue weighted by molar-refractivity contribution is 5.90. The molecule has 8 heteroatoms. The number of likely N-dealkylation sites (tertiary alicyclic amines) is 1. The van der Waals surface area contributed by atoms with Crippen LogP contribution in [-0.2, 0) is 9.59 Å². The van der Waals surface area contributed by atoms with Crippen molar-refractivity contribution >= 4 is 17.9 Å². The van der Waals surface area contributed by atoms with Crippen LogP contribution >= 0.6 is 0 Å². The van der Waals surface area contributed by atoms with Gasteiger partial charge in [-0.3, -0.25) is 9.69 Å². The third-order valence-electron chi connectivity index (χ3n) is 3.88. The fourth-order valence-electron chi connectivity index (χ4n) is 2.58. The summed E-state index contributed by atoms with van der Waals surface area (Å²) in [6.07, 6.45) is 0.858. The zero-order chi connectivity index (χ0) is 14.9. The Hall–Kier alpha value is -1.83. The number of urea groups is 1. The van der Waals surface area contributed by atoms with Crippen LogP contribution in [0.15, 0.2) is 0 Å². The number of amides is 3. The molecule has 8 nitrogen and oxygen atoms in total. The molecule has 3 amide bonds. The lowest BCUT2D eigenvalue weighted by Crippen LogP contribution is -2.61. The summed E-state index contributed by atoms with van der Waals surface area (Å²) < 4.78 is 0. The minimum atomic E-state index is -1.10. The van der Waals surface area contributed by atoms with E-state index in [1.165, 1.54) is 0 Å². The Balaban J connectivity index is 2.06. The molecule has 0 aromatic rings. The summed E-state index contributed by atoms with van der Waals surface area (Å²) in [6, 6.07) is -1.07. The lowest BCUT2D eigenvalue weighted by atomic mass is 10.2. The first-order valence-electron chi connectivity index (χ1n) is 6.61. The van der Waals surface area contributed by atoms with Crippen molar-refractivity contribution in [3.05, 3.63) is 0 Å². The predicted molar refractivity (Wildman–Crippen MR) is 70.2 cm³/mol. The second-order valence-corrected chi connectivity index (χ2v) is 5.42. The van der Waals surface area contributed by atoms with Gasteiger partial charge in [0, 0.05) is 25.7 Å². The first-order valence-corrected chi connectivity index (χ1v) is 6.61. The Bertz CT molecular complexity index is 426. The molecule has 0 saturated carbocycles. The monoisotopic (exact) mass is 284 g/mol. The van der Waals surface area contributed by atoms with Crippen molar-refractivity contribution in [1.29, 1.82) is 0 Å². The van der Waals surface area contributed by atoms with Crippen LogP contribution in [0, 0.1) is 0 Å². The molecule has 2 atom stereocenters. The maximum atomic E-state index is 12.4. The topological polar surface area (TPSA) is 93.2 Å². The van der Waals surface area contributed by atoms with Crippen LogP contribution in [0.4, 0.5) is 4.79 Å². The standard InChI is InChI=1S/C12H20N4O4/c1-14(2)8-3-4-15(6-8)12(20)16-7-10(17)13-5-9(16)11(18)19/h8-9H,3-7H2,1-2H3,(H,13,17)(H,18,19). The van der Waals surface area contributed by atoms with Crippen LogP contribution in [-0.4, -0.2) is 90.1 Å². The van der Waals surface area contributed by atoms with Crippen molar-refractivity contribution in [3.8, 4) is 0 Å². The first kappa shape index (κ1) is 14.6. The largest absolute Gasteiger partial charge is 0.480 e. The summed E-state index contributed by atoms with van der Waals surface area (Å²) in [5, 5.41) is 11.6.